The third kappa shape index (κ3) is 4.96. The Labute approximate surface area is 183 Å². The average Bonchev–Trinajstić information content (AvgIpc) is 2.98. The van der Waals surface area contributed by atoms with Crippen molar-refractivity contribution in [1.29, 1.82) is 0 Å². The van der Waals surface area contributed by atoms with Crippen LogP contribution >= 0.6 is 23.4 Å². The van der Waals surface area contributed by atoms with Crippen molar-refractivity contribution in [3.8, 4) is 11.5 Å². The number of carbonyl (C=O) groups is 2. The Morgan fingerprint density at radius 2 is 1.93 bits per heavy atom. The fraction of sp³-hybridized carbons (Fsp3) is 0.273. The quantitative estimate of drug-likeness (QED) is 0.492. The monoisotopic (exact) mass is 449 g/mol. The van der Waals surface area contributed by atoms with Gasteiger partial charge < -0.3 is 9.47 Å². The van der Waals surface area contributed by atoms with Crippen molar-refractivity contribution >= 4 is 40.6 Å². The Hall–Kier alpha value is -2.51. The first-order chi connectivity index (χ1) is 14.3. The number of amides is 2. The second kappa shape index (κ2) is 9.53. The van der Waals surface area contributed by atoms with Crippen LogP contribution in [0, 0.1) is 5.82 Å². The van der Waals surface area contributed by atoms with Crippen LogP contribution in [0.1, 0.15) is 31.4 Å². The Kier molecular flexibility index (Phi) is 7.05. The SMILES string of the molecule is CCC(C)Oc1c(Cl)cc(C=C2SC(=O)N(Cc3ccc(F)cc3)C2=O)cc1OC. The van der Waals surface area contributed by atoms with Crippen LogP contribution < -0.4 is 9.47 Å². The van der Waals surface area contributed by atoms with Crippen LogP contribution in [-0.2, 0) is 11.3 Å². The molecule has 1 heterocycles. The maximum Gasteiger partial charge on any atom is 0.293 e. The van der Waals surface area contributed by atoms with Gasteiger partial charge in [-0.15, -0.1) is 0 Å². The van der Waals surface area contributed by atoms with Crippen molar-refractivity contribution in [2.24, 2.45) is 0 Å². The molecule has 0 saturated carbocycles. The molecule has 158 valence electrons. The third-order valence-electron chi connectivity index (χ3n) is 4.57. The van der Waals surface area contributed by atoms with Crippen LogP contribution in [0.2, 0.25) is 5.02 Å². The number of thioether (sulfide) groups is 1. The maximum absolute atomic E-state index is 13.1. The van der Waals surface area contributed by atoms with E-state index in [0.717, 1.165) is 23.1 Å². The number of hydrogen-bond donors (Lipinski definition) is 0. The predicted molar refractivity (Wildman–Crippen MR) is 116 cm³/mol. The highest BCUT2D eigenvalue weighted by molar-refractivity contribution is 8.18. The van der Waals surface area contributed by atoms with Crippen LogP contribution in [0.15, 0.2) is 41.3 Å². The minimum absolute atomic E-state index is 0.0368. The minimum Gasteiger partial charge on any atom is -0.493 e. The Bertz CT molecular complexity index is 993. The second-order valence-electron chi connectivity index (χ2n) is 6.77. The first-order valence-electron chi connectivity index (χ1n) is 9.36. The number of methoxy groups -OCH3 is 1. The predicted octanol–water partition coefficient (Wildman–Crippen LogP) is 5.90. The molecule has 1 unspecified atom stereocenters. The fourth-order valence-corrected chi connectivity index (χ4v) is 3.88. The zero-order valence-corrected chi connectivity index (χ0v) is 18.3. The molecule has 0 aromatic heterocycles. The molecular weight excluding hydrogens is 429 g/mol. The summed E-state index contributed by atoms with van der Waals surface area (Å²) in [5, 5.41) is -0.0307. The van der Waals surface area contributed by atoms with Crippen LogP contribution in [0.4, 0.5) is 9.18 Å². The molecule has 30 heavy (non-hydrogen) atoms. The first-order valence-corrected chi connectivity index (χ1v) is 10.6. The molecule has 5 nitrogen and oxygen atoms in total. The maximum atomic E-state index is 13.1. The first kappa shape index (κ1) is 22.2. The number of carbonyl (C=O) groups excluding carboxylic acids is 2. The summed E-state index contributed by atoms with van der Waals surface area (Å²) in [5.41, 5.74) is 1.27. The van der Waals surface area contributed by atoms with E-state index in [-0.39, 0.29) is 28.6 Å². The van der Waals surface area contributed by atoms with Crippen molar-refractivity contribution in [2.75, 3.05) is 7.11 Å². The number of imide groups is 1. The lowest BCUT2D eigenvalue weighted by Gasteiger charge is -2.17. The molecule has 1 saturated heterocycles. The van der Waals surface area contributed by atoms with Gasteiger partial charge in [-0.05, 0) is 66.6 Å². The van der Waals surface area contributed by atoms with E-state index in [2.05, 4.69) is 0 Å². The summed E-state index contributed by atoms with van der Waals surface area (Å²) in [5.74, 6) is 0.0957. The smallest absolute Gasteiger partial charge is 0.293 e. The van der Waals surface area contributed by atoms with Gasteiger partial charge in [-0.3, -0.25) is 14.5 Å². The van der Waals surface area contributed by atoms with Crippen LogP contribution in [0.3, 0.4) is 0 Å². The number of hydrogen-bond acceptors (Lipinski definition) is 5. The van der Waals surface area contributed by atoms with Crippen molar-refractivity contribution < 1.29 is 23.5 Å². The molecule has 2 amide bonds. The highest BCUT2D eigenvalue weighted by Gasteiger charge is 2.35. The molecule has 0 radical (unpaired) electrons. The zero-order valence-electron chi connectivity index (χ0n) is 16.8. The van der Waals surface area contributed by atoms with E-state index < -0.39 is 5.91 Å². The van der Waals surface area contributed by atoms with Gasteiger partial charge in [0.15, 0.2) is 11.5 Å². The number of benzene rings is 2. The molecule has 0 bridgehead atoms. The summed E-state index contributed by atoms with van der Waals surface area (Å²) in [7, 11) is 1.51. The molecule has 0 N–H and O–H groups in total. The average molecular weight is 450 g/mol. The Morgan fingerprint density at radius 3 is 2.57 bits per heavy atom. The van der Waals surface area contributed by atoms with Crippen LogP contribution in [0.25, 0.3) is 6.08 Å². The van der Waals surface area contributed by atoms with Gasteiger partial charge in [0.25, 0.3) is 11.1 Å². The van der Waals surface area contributed by atoms with E-state index in [4.69, 9.17) is 21.1 Å². The van der Waals surface area contributed by atoms with Crippen molar-refractivity contribution in [1.82, 2.24) is 4.90 Å². The van der Waals surface area contributed by atoms with Gasteiger partial charge in [-0.2, -0.15) is 0 Å². The molecule has 1 aliphatic heterocycles. The van der Waals surface area contributed by atoms with Crippen LogP contribution in [0.5, 0.6) is 11.5 Å². The van der Waals surface area contributed by atoms with E-state index in [1.54, 1.807) is 30.3 Å². The third-order valence-corrected chi connectivity index (χ3v) is 5.76. The summed E-state index contributed by atoms with van der Waals surface area (Å²) in [6, 6.07) is 9.04. The Balaban J connectivity index is 1.84. The van der Waals surface area contributed by atoms with Gasteiger partial charge in [0.05, 0.1) is 29.7 Å². The molecule has 0 aliphatic carbocycles. The highest BCUT2D eigenvalue weighted by Crippen LogP contribution is 2.39. The van der Waals surface area contributed by atoms with Gasteiger partial charge in [0.2, 0.25) is 0 Å². The van der Waals surface area contributed by atoms with Crippen LogP contribution in [-0.4, -0.2) is 29.3 Å². The standard InChI is InChI=1S/C22H21ClFNO4S/c1-4-13(2)29-20-17(23)9-15(10-18(20)28-3)11-19-21(26)25(22(27)30-19)12-14-5-7-16(24)8-6-14/h5-11,13H,4,12H2,1-3H3. The molecule has 0 spiro atoms. The molecular formula is C22H21ClFNO4S. The van der Waals surface area contributed by atoms with Gasteiger partial charge in [-0.1, -0.05) is 30.7 Å². The number of halogens is 2. The van der Waals surface area contributed by atoms with Gasteiger partial charge in [0, 0.05) is 0 Å². The molecule has 1 fully saturated rings. The van der Waals surface area contributed by atoms with Gasteiger partial charge in [0.1, 0.15) is 5.82 Å². The van der Waals surface area contributed by atoms with E-state index in [0.29, 0.717) is 27.6 Å². The molecule has 2 aromatic rings. The van der Waals surface area contributed by atoms with E-state index in [1.165, 1.54) is 19.2 Å². The molecule has 1 aliphatic rings. The van der Waals surface area contributed by atoms with Crippen molar-refractivity contribution in [3.63, 3.8) is 0 Å². The summed E-state index contributed by atoms with van der Waals surface area (Å²) in [4.78, 5) is 26.5. The van der Waals surface area contributed by atoms with Gasteiger partial charge >= 0.3 is 0 Å². The zero-order chi connectivity index (χ0) is 21.8. The molecule has 3 rings (SSSR count). The van der Waals surface area contributed by atoms with E-state index >= 15 is 0 Å². The highest BCUT2D eigenvalue weighted by atomic mass is 35.5. The molecule has 8 heteroatoms. The lowest BCUT2D eigenvalue weighted by Crippen LogP contribution is -2.27. The Morgan fingerprint density at radius 1 is 1.23 bits per heavy atom. The molecule has 2 aromatic carbocycles. The van der Waals surface area contributed by atoms with E-state index in [1.807, 2.05) is 13.8 Å². The van der Waals surface area contributed by atoms with Crippen molar-refractivity contribution in [2.45, 2.75) is 32.9 Å². The van der Waals surface area contributed by atoms with Crippen molar-refractivity contribution in [3.05, 3.63) is 63.3 Å². The topological polar surface area (TPSA) is 55.8 Å². The summed E-state index contributed by atoms with van der Waals surface area (Å²) >= 11 is 7.23. The normalized spacial score (nSPS) is 16.3. The number of nitrogens with zero attached hydrogens (tertiary/aromatic N) is 1. The van der Waals surface area contributed by atoms with Gasteiger partial charge in [-0.25, -0.2) is 4.39 Å². The summed E-state index contributed by atoms with van der Waals surface area (Å²) in [6.07, 6.45) is 2.37. The number of rotatable bonds is 7. The summed E-state index contributed by atoms with van der Waals surface area (Å²) < 4.78 is 24.3. The largest absolute Gasteiger partial charge is 0.493 e. The molecule has 1 atom stereocenters. The fourth-order valence-electron chi connectivity index (χ4n) is 2.78. The lowest BCUT2D eigenvalue weighted by atomic mass is 10.1. The lowest BCUT2D eigenvalue weighted by molar-refractivity contribution is -0.123. The number of ether oxygens (including phenoxy) is 2. The second-order valence-corrected chi connectivity index (χ2v) is 8.17. The van der Waals surface area contributed by atoms with E-state index in [9.17, 15) is 14.0 Å². The minimum atomic E-state index is -0.413. The summed E-state index contributed by atoms with van der Waals surface area (Å²) in [6.45, 7) is 4.01.